The number of ether oxygens (including phenoxy) is 3. The average molecular weight is 380 g/mol. The van der Waals surface area contributed by atoms with Crippen molar-refractivity contribution >= 4 is 11.9 Å². The van der Waals surface area contributed by atoms with Crippen molar-refractivity contribution in [2.24, 2.45) is 0 Å². The molecular weight excluding hydrogens is 352 g/mol. The molecule has 0 saturated carbocycles. The second-order valence-corrected chi connectivity index (χ2v) is 6.64. The topological polar surface area (TPSA) is 107 Å². The van der Waals surface area contributed by atoms with Crippen LogP contribution in [0.5, 0.6) is 11.5 Å². The molecule has 3 atom stereocenters. The van der Waals surface area contributed by atoms with Gasteiger partial charge in [-0.25, -0.2) is 9.78 Å². The van der Waals surface area contributed by atoms with E-state index in [-0.39, 0.29) is 29.4 Å². The van der Waals surface area contributed by atoms with E-state index in [1.165, 1.54) is 19.4 Å². The maximum Gasteiger partial charge on any atom is 0.328 e. The van der Waals surface area contributed by atoms with E-state index in [9.17, 15) is 14.7 Å². The zero-order valence-corrected chi connectivity index (χ0v) is 16.1. The number of esters is 1. The van der Waals surface area contributed by atoms with Gasteiger partial charge in [0, 0.05) is 25.3 Å². The predicted molar refractivity (Wildman–Crippen MR) is 97.8 cm³/mol. The van der Waals surface area contributed by atoms with E-state index in [1.54, 1.807) is 0 Å². The van der Waals surface area contributed by atoms with Crippen LogP contribution in [0, 0.1) is 0 Å². The molecule has 2 N–H and O–H groups in total. The minimum atomic E-state index is -0.808. The van der Waals surface area contributed by atoms with Crippen molar-refractivity contribution in [1.82, 2.24) is 10.3 Å². The summed E-state index contributed by atoms with van der Waals surface area (Å²) in [7, 11) is 1.38. The van der Waals surface area contributed by atoms with Crippen LogP contribution < -0.4 is 10.1 Å². The molecule has 0 spiro atoms. The molecule has 1 aliphatic heterocycles. The molecule has 0 aliphatic carbocycles. The minimum absolute atomic E-state index is 0.0336. The van der Waals surface area contributed by atoms with Crippen molar-refractivity contribution in [3.05, 3.63) is 18.0 Å². The number of hydrogen-bond acceptors (Lipinski definition) is 7. The van der Waals surface area contributed by atoms with Crippen LogP contribution in [0.1, 0.15) is 56.4 Å². The fraction of sp³-hybridized carbons (Fsp3) is 0.632. The van der Waals surface area contributed by atoms with Crippen molar-refractivity contribution in [1.29, 1.82) is 0 Å². The molecule has 1 saturated heterocycles. The molecule has 150 valence electrons. The largest absolute Gasteiger partial charge is 0.503 e. The maximum atomic E-state index is 12.5. The molecule has 1 aromatic heterocycles. The highest BCUT2D eigenvalue weighted by molar-refractivity contribution is 5.97. The summed E-state index contributed by atoms with van der Waals surface area (Å²) in [5, 5.41) is 12.7. The third-order valence-corrected chi connectivity index (χ3v) is 4.40. The third kappa shape index (κ3) is 5.82. The number of carbonyl (C=O) groups excluding carboxylic acids is 2. The number of methoxy groups -OCH3 is 1. The molecule has 0 aromatic carbocycles. The summed E-state index contributed by atoms with van der Waals surface area (Å²) in [6, 6.07) is 0.635. The lowest BCUT2D eigenvalue weighted by atomic mass is 10.0. The Kier molecular flexibility index (Phi) is 7.84. The van der Waals surface area contributed by atoms with Gasteiger partial charge in [-0.1, -0.05) is 6.92 Å². The summed E-state index contributed by atoms with van der Waals surface area (Å²) >= 11 is 0. The number of rotatable bonds is 6. The Morgan fingerprint density at radius 2 is 2.22 bits per heavy atom. The van der Waals surface area contributed by atoms with E-state index in [1.807, 2.05) is 13.8 Å². The number of nitrogens with zero attached hydrogens (tertiary/aromatic N) is 1. The van der Waals surface area contributed by atoms with E-state index in [0.29, 0.717) is 25.9 Å². The Balaban J connectivity index is 2.06. The monoisotopic (exact) mass is 380 g/mol. The summed E-state index contributed by atoms with van der Waals surface area (Å²) in [5.74, 6) is -1.37. The second-order valence-electron chi connectivity index (χ2n) is 6.64. The minimum Gasteiger partial charge on any atom is -0.503 e. The summed E-state index contributed by atoms with van der Waals surface area (Å²) in [6.45, 7) is 4.54. The van der Waals surface area contributed by atoms with E-state index in [0.717, 1.165) is 12.8 Å². The van der Waals surface area contributed by atoms with Gasteiger partial charge in [-0.3, -0.25) is 4.79 Å². The summed E-state index contributed by atoms with van der Waals surface area (Å²) < 4.78 is 16.3. The van der Waals surface area contributed by atoms with Crippen molar-refractivity contribution < 1.29 is 28.9 Å². The lowest BCUT2D eigenvalue weighted by Crippen LogP contribution is -2.42. The van der Waals surface area contributed by atoms with Crippen molar-refractivity contribution in [3.8, 4) is 11.5 Å². The Bertz CT molecular complexity index is 651. The molecule has 0 bridgehead atoms. The zero-order chi connectivity index (χ0) is 19.8. The Morgan fingerprint density at radius 3 is 2.93 bits per heavy atom. The van der Waals surface area contributed by atoms with Crippen molar-refractivity contribution in [2.75, 3.05) is 13.7 Å². The predicted octanol–water partition coefficient (Wildman–Crippen LogP) is 2.20. The first-order chi connectivity index (χ1) is 13.0. The summed E-state index contributed by atoms with van der Waals surface area (Å²) in [6.07, 6.45) is 4.56. The highest BCUT2D eigenvalue weighted by Crippen LogP contribution is 2.27. The van der Waals surface area contributed by atoms with Gasteiger partial charge in [-0.2, -0.15) is 0 Å². The van der Waals surface area contributed by atoms with Gasteiger partial charge < -0.3 is 24.6 Å². The molecule has 8 nitrogen and oxygen atoms in total. The molecule has 2 rings (SSSR count). The average Bonchev–Trinajstić information content (AvgIpc) is 2.70. The Morgan fingerprint density at radius 1 is 1.44 bits per heavy atom. The quantitative estimate of drug-likeness (QED) is 0.729. The molecule has 1 aromatic rings. The first-order valence-corrected chi connectivity index (χ1v) is 9.31. The Hall–Kier alpha value is -2.35. The van der Waals surface area contributed by atoms with Gasteiger partial charge in [0.25, 0.3) is 5.91 Å². The fourth-order valence-electron chi connectivity index (χ4n) is 3.04. The molecule has 1 aliphatic rings. The Labute approximate surface area is 159 Å². The normalized spacial score (nSPS) is 23.5. The van der Waals surface area contributed by atoms with Gasteiger partial charge in [0.1, 0.15) is 12.1 Å². The number of pyridine rings is 1. The molecule has 8 heteroatoms. The standard InChI is InChI=1S/C19H28N2O6/c1-4-10-26-13-6-5-7-14(19(24)27-12(2)11-13)21-18(23)16-17(22)15(25-3)8-9-20-16/h8-9,12-14,22H,4-7,10-11H2,1-3H3,(H,21,23)/t12?,13?,14-/m0/s1. The molecular formula is C19H28N2O6. The first-order valence-electron chi connectivity index (χ1n) is 9.31. The van der Waals surface area contributed by atoms with Crippen LogP contribution in [-0.4, -0.2) is 53.9 Å². The third-order valence-electron chi connectivity index (χ3n) is 4.40. The van der Waals surface area contributed by atoms with Crippen molar-refractivity contribution in [2.45, 2.75) is 64.2 Å². The summed E-state index contributed by atoms with van der Waals surface area (Å²) in [4.78, 5) is 28.8. The van der Waals surface area contributed by atoms with Gasteiger partial charge in [0.2, 0.25) is 0 Å². The molecule has 1 amide bonds. The van der Waals surface area contributed by atoms with Gasteiger partial charge in [0.05, 0.1) is 13.2 Å². The highest BCUT2D eigenvalue weighted by Gasteiger charge is 2.29. The number of aromatic nitrogens is 1. The molecule has 0 radical (unpaired) electrons. The van der Waals surface area contributed by atoms with E-state index in [2.05, 4.69) is 10.3 Å². The van der Waals surface area contributed by atoms with Crippen LogP contribution in [0.15, 0.2) is 12.3 Å². The number of amides is 1. The van der Waals surface area contributed by atoms with Crippen LogP contribution in [0.4, 0.5) is 0 Å². The van der Waals surface area contributed by atoms with E-state index in [4.69, 9.17) is 14.2 Å². The summed E-state index contributed by atoms with van der Waals surface area (Å²) in [5.41, 5.74) is -0.195. The van der Waals surface area contributed by atoms with Gasteiger partial charge in [0.15, 0.2) is 17.2 Å². The number of nitrogens with one attached hydrogen (secondary N) is 1. The van der Waals surface area contributed by atoms with Gasteiger partial charge in [-0.15, -0.1) is 0 Å². The molecule has 2 heterocycles. The number of cyclic esters (lactones) is 1. The second kappa shape index (κ2) is 10.1. The molecule has 27 heavy (non-hydrogen) atoms. The van der Waals surface area contributed by atoms with E-state index >= 15 is 0 Å². The lowest BCUT2D eigenvalue weighted by molar-refractivity contribution is -0.151. The highest BCUT2D eigenvalue weighted by atomic mass is 16.5. The van der Waals surface area contributed by atoms with Crippen LogP contribution in [0.3, 0.4) is 0 Å². The lowest BCUT2D eigenvalue weighted by Gasteiger charge is -2.20. The van der Waals surface area contributed by atoms with E-state index < -0.39 is 17.9 Å². The fourth-order valence-corrected chi connectivity index (χ4v) is 3.04. The van der Waals surface area contributed by atoms with Gasteiger partial charge in [-0.05, 0) is 32.6 Å². The van der Waals surface area contributed by atoms with Crippen molar-refractivity contribution in [3.63, 3.8) is 0 Å². The smallest absolute Gasteiger partial charge is 0.328 e. The van der Waals surface area contributed by atoms with Gasteiger partial charge >= 0.3 is 5.97 Å². The number of hydrogen-bond donors (Lipinski definition) is 2. The molecule has 1 fully saturated rings. The van der Waals surface area contributed by atoms with Crippen LogP contribution in [0.2, 0.25) is 0 Å². The first kappa shape index (κ1) is 21.0. The van der Waals surface area contributed by atoms with Crippen LogP contribution >= 0.6 is 0 Å². The van der Waals surface area contributed by atoms with Crippen LogP contribution in [0.25, 0.3) is 0 Å². The number of aromatic hydroxyl groups is 1. The zero-order valence-electron chi connectivity index (χ0n) is 16.1. The number of carbonyl (C=O) groups is 2. The SMILES string of the molecule is CCCOC1CCC[C@H](NC(=O)c2nccc(OC)c2O)C(=O)OC(C)C1. The molecule has 2 unspecified atom stereocenters. The van der Waals surface area contributed by atoms with Crippen LogP contribution in [-0.2, 0) is 14.3 Å². The maximum absolute atomic E-state index is 12.5.